The first-order valence-corrected chi connectivity index (χ1v) is 9.44. The van der Waals surface area contributed by atoms with Crippen molar-refractivity contribution in [3.05, 3.63) is 0 Å². The summed E-state index contributed by atoms with van der Waals surface area (Å²) in [6.45, 7) is 6.61. The average molecular weight is 299 g/mol. The first kappa shape index (κ1) is 20.5. The van der Waals surface area contributed by atoms with Crippen LogP contribution in [0.3, 0.4) is 0 Å². The fourth-order valence-corrected chi connectivity index (χ4v) is 2.61. The molecule has 0 bridgehead atoms. The van der Waals surface area contributed by atoms with Crippen molar-refractivity contribution in [2.24, 2.45) is 0 Å². The smallest absolute Gasteiger partial charge is 0.306 e. The van der Waals surface area contributed by atoms with Gasteiger partial charge in [0.25, 0.3) is 0 Å². The monoisotopic (exact) mass is 298 g/mol. The van der Waals surface area contributed by atoms with Gasteiger partial charge in [-0.2, -0.15) is 0 Å². The second kappa shape index (κ2) is 15.9. The fourth-order valence-electron chi connectivity index (χ4n) is 2.61. The maximum absolute atomic E-state index is 11.8. The SMILES string of the molecule is CCCCCCCCC(CCCC)OC(=O)CCCCC. The molecular weight excluding hydrogens is 260 g/mol. The van der Waals surface area contributed by atoms with Crippen molar-refractivity contribution in [1.82, 2.24) is 0 Å². The van der Waals surface area contributed by atoms with Crippen LogP contribution in [0.5, 0.6) is 0 Å². The molecule has 0 amide bonds. The van der Waals surface area contributed by atoms with E-state index in [2.05, 4.69) is 20.8 Å². The van der Waals surface area contributed by atoms with Gasteiger partial charge in [0.15, 0.2) is 0 Å². The molecule has 0 N–H and O–H groups in total. The Morgan fingerprint density at radius 3 is 1.90 bits per heavy atom. The first-order valence-electron chi connectivity index (χ1n) is 9.44. The summed E-state index contributed by atoms with van der Waals surface area (Å²) in [5, 5.41) is 0. The number of carbonyl (C=O) groups excluding carboxylic acids is 1. The normalized spacial score (nSPS) is 12.3. The highest BCUT2D eigenvalue weighted by molar-refractivity contribution is 5.69. The van der Waals surface area contributed by atoms with E-state index in [1.165, 1.54) is 51.4 Å². The molecule has 0 aliphatic carbocycles. The lowest BCUT2D eigenvalue weighted by atomic mass is 10.0. The largest absolute Gasteiger partial charge is 0.462 e. The molecule has 2 heteroatoms. The Balaban J connectivity index is 3.82. The van der Waals surface area contributed by atoms with Gasteiger partial charge in [-0.25, -0.2) is 0 Å². The van der Waals surface area contributed by atoms with Crippen LogP contribution in [0.2, 0.25) is 0 Å². The second-order valence-electron chi connectivity index (χ2n) is 6.27. The van der Waals surface area contributed by atoms with E-state index in [1.54, 1.807) is 0 Å². The zero-order valence-corrected chi connectivity index (χ0v) is 14.8. The Morgan fingerprint density at radius 1 is 0.714 bits per heavy atom. The zero-order valence-electron chi connectivity index (χ0n) is 14.8. The van der Waals surface area contributed by atoms with Crippen LogP contribution in [0.15, 0.2) is 0 Å². The second-order valence-corrected chi connectivity index (χ2v) is 6.27. The fraction of sp³-hybridized carbons (Fsp3) is 0.947. The summed E-state index contributed by atoms with van der Waals surface area (Å²) in [7, 11) is 0. The molecule has 0 aliphatic rings. The molecule has 0 aromatic heterocycles. The predicted octanol–water partition coefficient (Wildman–Crippen LogP) is 6.42. The van der Waals surface area contributed by atoms with Crippen LogP contribution in [0.1, 0.15) is 111 Å². The lowest BCUT2D eigenvalue weighted by Crippen LogP contribution is -2.18. The Hall–Kier alpha value is -0.530. The molecule has 2 nitrogen and oxygen atoms in total. The van der Waals surface area contributed by atoms with Crippen LogP contribution in [0.4, 0.5) is 0 Å². The maximum Gasteiger partial charge on any atom is 0.306 e. The molecule has 126 valence electrons. The lowest BCUT2D eigenvalue weighted by molar-refractivity contribution is -0.150. The molecule has 1 atom stereocenters. The summed E-state index contributed by atoms with van der Waals surface area (Å²) in [5.41, 5.74) is 0. The van der Waals surface area contributed by atoms with Crippen LogP contribution in [-0.4, -0.2) is 12.1 Å². The van der Waals surface area contributed by atoms with Gasteiger partial charge in [-0.15, -0.1) is 0 Å². The number of rotatable bonds is 15. The third-order valence-corrected chi connectivity index (χ3v) is 4.04. The Bertz CT molecular complexity index is 226. The van der Waals surface area contributed by atoms with Gasteiger partial charge in [-0.3, -0.25) is 4.79 Å². The van der Waals surface area contributed by atoms with Gasteiger partial charge in [0.05, 0.1) is 0 Å². The molecule has 21 heavy (non-hydrogen) atoms. The minimum Gasteiger partial charge on any atom is -0.462 e. The van der Waals surface area contributed by atoms with Crippen molar-refractivity contribution in [2.75, 3.05) is 0 Å². The van der Waals surface area contributed by atoms with E-state index < -0.39 is 0 Å². The number of unbranched alkanes of at least 4 members (excludes halogenated alkanes) is 8. The van der Waals surface area contributed by atoms with E-state index in [0.29, 0.717) is 6.42 Å². The molecule has 1 unspecified atom stereocenters. The quantitative estimate of drug-likeness (QED) is 0.257. The van der Waals surface area contributed by atoms with Crippen LogP contribution < -0.4 is 0 Å². The molecule has 0 saturated heterocycles. The minimum atomic E-state index is 0.0236. The van der Waals surface area contributed by atoms with E-state index in [9.17, 15) is 4.79 Å². The van der Waals surface area contributed by atoms with Crippen LogP contribution >= 0.6 is 0 Å². The van der Waals surface area contributed by atoms with Gasteiger partial charge in [0.2, 0.25) is 0 Å². The van der Waals surface area contributed by atoms with Crippen molar-refractivity contribution in [1.29, 1.82) is 0 Å². The molecule has 0 saturated carbocycles. The van der Waals surface area contributed by atoms with E-state index in [-0.39, 0.29) is 12.1 Å². The Kier molecular flexibility index (Phi) is 15.5. The number of hydrogen-bond acceptors (Lipinski definition) is 2. The molecule has 0 rings (SSSR count). The van der Waals surface area contributed by atoms with E-state index in [1.807, 2.05) is 0 Å². The molecule has 0 spiro atoms. The number of ether oxygens (including phenoxy) is 1. The molecule has 0 heterocycles. The van der Waals surface area contributed by atoms with Crippen molar-refractivity contribution < 1.29 is 9.53 Å². The molecule has 0 aromatic rings. The summed E-state index contributed by atoms with van der Waals surface area (Å²) in [6.07, 6.45) is 16.3. The van der Waals surface area contributed by atoms with Gasteiger partial charge >= 0.3 is 5.97 Å². The Labute approximate surface area is 133 Å². The number of esters is 1. The molecule has 0 aliphatic heterocycles. The highest BCUT2D eigenvalue weighted by atomic mass is 16.5. The molecule has 0 fully saturated rings. The van der Waals surface area contributed by atoms with Crippen LogP contribution in [0, 0.1) is 0 Å². The lowest BCUT2D eigenvalue weighted by Gasteiger charge is -2.18. The summed E-state index contributed by atoms with van der Waals surface area (Å²) in [5.74, 6) is 0.0236. The van der Waals surface area contributed by atoms with Crippen LogP contribution in [-0.2, 0) is 9.53 Å². The first-order chi connectivity index (χ1) is 10.2. The van der Waals surface area contributed by atoms with Gasteiger partial charge < -0.3 is 4.74 Å². The maximum atomic E-state index is 11.8. The third-order valence-electron chi connectivity index (χ3n) is 4.04. The van der Waals surface area contributed by atoms with Crippen molar-refractivity contribution in [2.45, 2.75) is 117 Å². The molecular formula is C19H38O2. The van der Waals surface area contributed by atoms with Gasteiger partial charge in [0.1, 0.15) is 6.10 Å². The number of carbonyl (C=O) groups is 1. The summed E-state index contributed by atoms with van der Waals surface area (Å²) in [6, 6.07) is 0. The molecule has 0 aromatic carbocycles. The predicted molar refractivity (Wildman–Crippen MR) is 91.5 cm³/mol. The summed E-state index contributed by atoms with van der Waals surface area (Å²) in [4.78, 5) is 11.8. The van der Waals surface area contributed by atoms with Crippen LogP contribution in [0.25, 0.3) is 0 Å². The average Bonchev–Trinajstić information content (AvgIpc) is 2.48. The van der Waals surface area contributed by atoms with Gasteiger partial charge in [0, 0.05) is 6.42 Å². The Morgan fingerprint density at radius 2 is 1.24 bits per heavy atom. The zero-order chi connectivity index (χ0) is 15.8. The minimum absolute atomic E-state index is 0.0236. The van der Waals surface area contributed by atoms with Gasteiger partial charge in [-0.1, -0.05) is 78.6 Å². The van der Waals surface area contributed by atoms with Gasteiger partial charge in [-0.05, 0) is 25.7 Å². The number of hydrogen-bond donors (Lipinski definition) is 0. The van der Waals surface area contributed by atoms with E-state index in [0.717, 1.165) is 32.1 Å². The summed E-state index contributed by atoms with van der Waals surface area (Å²) >= 11 is 0. The van der Waals surface area contributed by atoms with Crippen molar-refractivity contribution >= 4 is 5.97 Å². The van der Waals surface area contributed by atoms with Crippen molar-refractivity contribution in [3.63, 3.8) is 0 Å². The van der Waals surface area contributed by atoms with E-state index in [4.69, 9.17) is 4.74 Å². The van der Waals surface area contributed by atoms with E-state index >= 15 is 0 Å². The standard InChI is InChI=1S/C19H38O2/c1-4-7-10-11-12-14-16-18(15-9-6-3)21-19(20)17-13-8-5-2/h18H,4-17H2,1-3H3. The molecule has 0 radical (unpaired) electrons. The van der Waals surface area contributed by atoms with Crippen molar-refractivity contribution in [3.8, 4) is 0 Å². The highest BCUT2D eigenvalue weighted by Crippen LogP contribution is 2.16. The topological polar surface area (TPSA) is 26.3 Å². The summed E-state index contributed by atoms with van der Waals surface area (Å²) < 4.78 is 5.69. The highest BCUT2D eigenvalue weighted by Gasteiger charge is 2.13. The third kappa shape index (κ3) is 14.2.